The van der Waals surface area contributed by atoms with Crippen LogP contribution in [0.25, 0.3) is 0 Å². The van der Waals surface area contributed by atoms with Crippen molar-refractivity contribution in [3.8, 4) is 11.8 Å². The second kappa shape index (κ2) is 6.39. The average Bonchev–Trinajstić information content (AvgIpc) is 2.76. The first kappa shape index (κ1) is 12.1. The molecule has 17 heavy (non-hydrogen) atoms. The molecule has 2 aromatic rings. The van der Waals surface area contributed by atoms with Crippen molar-refractivity contribution in [2.24, 2.45) is 4.99 Å². The largest absolute Gasteiger partial charge is 0.280 e. The van der Waals surface area contributed by atoms with Gasteiger partial charge in [-0.2, -0.15) is 0 Å². The van der Waals surface area contributed by atoms with Gasteiger partial charge in [-0.1, -0.05) is 42.2 Å². The van der Waals surface area contributed by atoms with Crippen molar-refractivity contribution >= 4 is 33.5 Å². The third-order valence-electron chi connectivity index (χ3n) is 2.01. The number of aliphatic imine (C=N–C) groups is 1. The maximum atomic E-state index is 4.26. The second-order valence-electron chi connectivity index (χ2n) is 3.32. The Morgan fingerprint density at radius 2 is 2.12 bits per heavy atom. The molecule has 0 spiro atoms. The molecule has 0 atom stereocenters. The van der Waals surface area contributed by atoms with E-state index in [-0.39, 0.29) is 0 Å². The third kappa shape index (κ3) is 4.18. The van der Waals surface area contributed by atoms with Crippen LogP contribution in [0.15, 0.2) is 50.6 Å². The lowest BCUT2D eigenvalue weighted by Gasteiger charge is -1.88. The summed E-state index contributed by atoms with van der Waals surface area (Å²) >= 11 is 5.05. The van der Waals surface area contributed by atoms with Gasteiger partial charge in [0.15, 0.2) is 0 Å². The highest BCUT2D eigenvalue weighted by Gasteiger charge is 1.90. The number of rotatable bonds is 2. The van der Waals surface area contributed by atoms with Crippen molar-refractivity contribution in [1.82, 2.24) is 0 Å². The number of nitrogens with zero attached hydrogens (tertiary/aromatic N) is 1. The molecule has 0 bridgehead atoms. The van der Waals surface area contributed by atoms with Crippen LogP contribution < -0.4 is 0 Å². The number of thiophene rings is 1. The smallest absolute Gasteiger partial charge is 0.100 e. The molecule has 0 amide bonds. The van der Waals surface area contributed by atoms with Crippen LogP contribution in [0.2, 0.25) is 0 Å². The van der Waals surface area contributed by atoms with Gasteiger partial charge in [0.05, 0.1) is 3.79 Å². The Balaban J connectivity index is 1.88. The van der Waals surface area contributed by atoms with E-state index in [0.717, 1.165) is 14.9 Å². The molecule has 0 aliphatic rings. The lowest BCUT2D eigenvalue weighted by molar-refractivity contribution is 1.30. The molecule has 3 heteroatoms. The molecule has 1 nitrogen and oxygen atoms in total. The molecule has 1 aromatic carbocycles. The number of hydrogen-bond acceptors (Lipinski definition) is 2. The van der Waals surface area contributed by atoms with Gasteiger partial charge in [-0.3, -0.25) is 4.99 Å². The van der Waals surface area contributed by atoms with E-state index in [1.54, 1.807) is 11.3 Å². The van der Waals surface area contributed by atoms with Crippen LogP contribution >= 0.6 is 27.3 Å². The Morgan fingerprint density at radius 1 is 1.29 bits per heavy atom. The van der Waals surface area contributed by atoms with Crippen LogP contribution in [-0.4, -0.2) is 12.8 Å². The minimum absolute atomic E-state index is 0.530. The van der Waals surface area contributed by atoms with Crippen molar-refractivity contribution in [2.75, 3.05) is 6.54 Å². The van der Waals surface area contributed by atoms with Crippen molar-refractivity contribution in [3.63, 3.8) is 0 Å². The first-order valence-corrected chi connectivity index (χ1v) is 6.79. The lowest BCUT2D eigenvalue weighted by Crippen LogP contribution is -1.81. The molecule has 84 valence electrons. The summed E-state index contributed by atoms with van der Waals surface area (Å²) in [6, 6.07) is 12.0. The summed E-state index contributed by atoms with van der Waals surface area (Å²) in [5.74, 6) is 6.09. The SMILES string of the molecule is Brc1cc(C#CC/N=C/c2ccccc2)cs1. The zero-order chi connectivity index (χ0) is 11.9. The fraction of sp³-hybridized carbons (Fsp3) is 0.0714. The van der Waals surface area contributed by atoms with Gasteiger partial charge in [0.25, 0.3) is 0 Å². The van der Waals surface area contributed by atoms with Gasteiger partial charge < -0.3 is 0 Å². The highest BCUT2D eigenvalue weighted by molar-refractivity contribution is 9.11. The van der Waals surface area contributed by atoms with Crippen LogP contribution in [0, 0.1) is 11.8 Å². The maximum absolute atomic E-state index is 4.26. The first-order valence-electron chi connectivity index (χ1n) is 5.12. The third-order valence-corrected chi connectivity index (χ3v) is 3.51. The molecular formula is C14H10BrNS. The molecule has 0 unspecified atom stereocenters. The van der Waals surface area contributed by atoms with Gasteiger partial charge in [0.2, 0.25) is 0 Å². The molecule has 0 N–H and O–H groups in total. The first-order chi connectivity index (χ1) is 8.34. The van der Waals surface area contributed by atoms with Crippen molar-refractivity contribution in [3.05, 3.63) is 56.7 Å². The standard InChI is InChI=1S/C14H10BrNS/c15-14-9-13(11-17-14)7-4-8-16-10-12-5-2-1-3-6-12/h1-3,5-6,9-11H,8H2/b16-10+. The van der Waals surface area contributed by atoms with E-state index < -0.39 is 0 Å². The van der Waals surface area contributed by atoms with Crippen LogP contribution in [0.5, 0.6) is 0 Å². The zero-order valence-corrected chi connectivity index (χ0v) is 11.5. The number of halogens is 1. The highest BCUT2D eigenvalue weighted by atomic mass is 79.9. The van der Waals surface area contributed by atoms with E-state index >= 15 is 0 Å². The normalized spacial score (nSPS) is 10.2. The average molecular weight is 304 g/mol. The predicted octanol–water partition coefficient (Wildman–Crippen LogP) is 3.98. The van der Waals surface area contributed by atoms with Gasteiger partial charge >= 0.3 is 0 Å². The van der Waals surface area contributed by atoms with E-state index in [2.05, 4.69) is 32.8 Å². The Bertz CT molecular complexity index is 561. The molecule has 0 aliphatic carbocycles. The predicted molar refractivity (Wildman–Crippen MR) is 77.8 cm³/mol. The van der Waals surface area contributed by atoms with Crippen LogP contribution in [0.4, 0.5) is 0 Å². The van der Waals surface area contributed by atoms with E-state index in [0.29, 0.717) is 6.54 Å². The van der Waals surface area contributed by atoms with Gasteiger partial charge in [-0.15, -0.1) is 11.3 Å². The molecule has 0 saturated heterocycles. The van der Waals surface area contributed by atoms with Gasteiger partial charge in [0.1, 0.15) is 6.54 Å². The number of benzene rings is 1. The summed E-state index contributed by atoms with van der Waals surface area (Å²) in [6.07, 6.45) is 1.85. The minimum Gasteiger partial charge on any atom is -0.280 e. The van der Waals surface area contributed by atoms with E-state index in [4.69, 9.17) is 0 Å². The second-order valence-corrected chi connectivity index (χ2v) is 5.61. The van der Waals surface area contributed by atoms with Crippen molar-refractivity contribution < 1.29 is 0 Å². The molecule has 1 aromatic heterocycles. The van der Waals surface area contributed by atoms with Crippen LogP contribution in [0.3, 0.4) is 0 Å². The molecular weight excluding hydrogens is 294 g/mol. The van der Waals surface area contributed by atoms with E-state index in [1.165, 1.54) is 0 Å². The summed E-state index contributed by atoms with van der Waals surface area (Å²) in [4.78, 5) is 4.26. The van der Waals surface area contributed by atoms with E-state index in [9.17, 15) is 0 Å². The molecule has 0 aliphatic heterocycles. The van der Waals surface area contributed by atoms with Gasteiger partial charge in [-0.25, -0.2) is 0 Å². The van der Waals surface area contributed by atoms with Crippen LogP contribution in [-0.2, 0) is 0 Å². The summed E-state index contributed by atoms with van der Waals surface area (Å²) in [7, 11) is 0. The lowest BCUT2D eigenvalue weighted by atomic mass is 10.2. The molecule has 2 rings (SSSR count). The summed E-state index contributed by atoms with van der Waals surface area (Å²) in [5, 5.41) is 2.03. The molecule has 1 heterocycles. The quantitative estimate of drug-likeness (QED) is 0.588. The van der Waals surface area contributed by atoms with Crippen LogP contribution in [0.1, 0.15) is 11.1 Å². The van der Waals surface area contributed by atoms with Gasteiger partial charge in [-0.05, 0) is 27.6 Å². The fourth-order valence-electron chi connectivity index (χ4n) is 1.25. The van der Waals surface area contributed by atoms with Crippen molar-refractivity contribution in [2.45, 2.75) is 0 Å². The number of hydrogen-bond donors (Lipinski definition) is 0. The molecule has 0 saturated carbocycles. The maximum Gasteiger partial charge on any atom is 0.100 e. The fourth-order valence-corrected chi connectivity index (χ4v) is 2.34. The summed E-state index contributed by atoms with van der Waals surface area (Å²) < 4.78 is 1.11. The topological polar surface area (TPSA) is 12.4 Å². The van der Waals surface area contributed by atoms with Crippen molar-refractivity contribution in [1.29, 1.82) is 0 Å². The van der Waals surface area contributed by atoms with Gasteiger partial charge in [0, 0.05) is 17.2 Å². The Kier molecular flexibility index (Phi) is 4.54. The summed E-state index contributed by atoms with van der Waals surface area (Å²) in [6.45, 7) is 0.530. The Hall–Kier alpha value is -1.37. The zero-order valence-electron chi connectivity index (χ0n) is 9.06. The summed E-state index contributed by atoms with van der Waals surface area (Å²) in [5.41, 5.74) is 2.14. The monoisotopic (exact) mass is 303 g/mol. The van der Waals surface area contributed by atoms with E-state index in [1.807, 2.05) is 48.0 Å². The Morgan fingerprint density at radius 3 is 2.82 bits per heavy atom. The molecule has 0 radical (unpaired) electrons. The highest BCUT2D eigenvalue weighted by Crippen LogP contribution is 2.19. The minimum atomic E-state index is 0.530. The Labute approximate surface area is 113 Å². The molecule has 0 fully saturated rings.